The van der Waals surface area contributed by atoms with E-state index >= 15 is 0 Å². The van der Waals surface area contributed by atoms with Gasteiger partial charge in [0.15, 0.2) is 11.5 Å². The summed E-state index contributed by atoms with van der Waals surface area (Å²) in [6, 6.07) is 1.76. The van der Waals surface area contributed by atoms with Gasteiger partial charge < -0.3 is 14.6 Å². The van der Waals surface area contributed by atoms with Gasteiger partial charge >= 0.3 is 0 Å². The van der Waals surface area contributed by atoms with Crippen molar-refractivity contribution in [1.29, 1.82) is 0 Å². The Bertz CT molecular complexity index is 421. The predicted molar refractivity (Wildman–Crippen MR) is 62.2 cm³/mol. The molecule has 0 unspecified atom stereocenters. The van der Waals surface area contributed by atoms with Crippen molar-refractivity contribution in [3.8, 4) is 11.5 Å². The number of hydrogen-bond donors (Lipinski definition) is 1. The molecule has 1 aromatic carbocycles. The summed E-state index contributed by atoms with van der Waals surface area (Å²) in [5.41, 5.74) is 0.823. The minimum Gasteiger partial charge on any atom is -0.453 e. The Morgan fingerprint density at radius 1 is 1.38 bits per heavy atom. The van der Waals surface area contributed by atoms with Crippen LogP contribution in [-0.2, 0) is 12.0 Å². The highest BCUT2D eigenvalue weighted by atomic mass is 35.5. The maximum atomic E-state index is 10.1. The van der Waals surface area contributed by atoms with Gasteiger partial charge in [-0.05, 0) is 31.9 Å². The van der Waals surface area contributed by atoms with E-state index in [1.165, 1.54) is 0 Å². The van der Waals surface area contributed by atoms with Crippen molar-refractivity contribution in [2.75, 3.05) is 6.79 Å². The second-order valence-electron chi connectivity index (χ2n) is 4.36. The third kappa shape index (κ3) is 1.74. The number of ether oxygens (including phenoxy) is 2. The molecule has 0 aliphatic carbocycles. The molecule has 0 saturated heterocycles. The van der Waals surface area contributed by atoms with Crippen LogP contribution >= 0.6 is 11.6 Å². The largest absolute Gasteiger partial charge is 0.453 e. The Morgan fingerprint density at radius 2 is 2.00 bits per heavy atom. The van der Waals surface area contributed by atoms with Gasteiger partial charge in [-0.15, -0.1) is 0 Å². The molecule has 0 bridgehead atoms. The lowest BCUT2D eigenvalue weighted by Gasteiger charge is -2.22. The predicted octanol–water partition coefficient (Wildman–Crippen LogP) is 2.86. The maximum Gasteiger partial charge on any atom is 0.231 e. The fourth-order valence-electron chi connectivity index (χ4n) is 1.98. The SMILES string of the molecule is CCc1c(C(C)(C)O)cc(Cl)c2c1OCO2. The van der Waals surface area contributed by atoms with Gasteiger partial charge in [0.25, 0.3) is 0 Å². The van der Waals surface area contributed by atoms with Crippen molar-refractivity contribution >= 4 is 11.6 Å². The summed E-state index contributed by atoms with van der Waals surface area (Å²) in [6.07, 6.45) is 0.766. The van der Waals surface area contributed by atoms with Gasteiger partial charge in [0, 0.05) is 5.56 Å². The smallest absolute Gasteiger partial charge is 0.231 e. The first kappa shape index (κ1) is 11.6. The van der Waals surface area contributed by atoms with Crippen molar-refractivity contribution in [3.05, 3.63) is 22.2 Å². The van der Waals surface area contributed by atoms with Gasteiger partial charge in [0.1, 0.15) is 0 Å². The zero-order chi connectivity index (χ0) is 11.9. The first-order valence-corrected chi connectivity index (χ1v) is 5.66. The Kier molecular flexibility index (Phi) is 2.76. The molecule has 1 aliphatic rings. The van der Waals surface area contributed by atoms with Gasteiger partial charge in [0.2, 0.25) is 6.79 Å². The summed E-state index contributed by atoms with van der Waals surface area (Å²) >= 11 is 6.09. The molecule has 0 radical (unpaired) electrons. The molecule has 1 aliphatic heterocycles. The summed E-state index contributed by atoms with van der Waals surface area (Å²) in [5.74, 6) is 1.26. The van der Waals surface area contributed by atoms with Crippen molar-refractivity contribution < 1.29 is 14.6 Å². The lowest BCUT2D eigenvalue weighted by Crippen LogP contribution is -2.18. The van der Waals surface area contributed by atoms with E-state index in [1.807, 2.05) is 6.92 Å². The second-order valence-corrected chi connectivity index (χ2v) is 4.77. The number of hydrogen-bond acceptors (Lipinski definition) is 3. The molecule has 1 N–H and O–H groups in total. The molecule has 0 spiro atoms. The van der Waals surface area contributed by atoms with E-state index in [4.69, 9.17) is 21.1 Å². The number of halogens is 1. The molecule has 0 amide bonds. The van der Waals surface area contributed by atoms with E-state index in [0.717, 1.165) is 17.5 Å². The lowest BCUT2D eigenvalue weighted by atomic mass is 9.91. The molecule has 3 nitrogen and oxygen atoms in total. The molecule has 0 aromatic heterocycles. The van der Waals surface area contributed by atoms with E-state index in [-0.39, 0.29) is 6.79 Å². The summed E-state index contributed by atoms with van der Waals surface area (Å²) in [5, 5.41) is 10.6. The summed E-state index contributed by atoms with van der Waals surface area (Å²) < 4.78 is 10.7. The number of aliphatic hydroxyl groups is 1. The van der Waals surface area contributed by atoms with E-state index < -0.39 is 5.60 Å². The van der Waals surface area contributed by atoms with E-state index in [0.29, 0.717) is 16.5 Å². The maximum absolute atomic E-state index is 10.1. The minimum atomic E-state index is -0.935. The fraction of sp³-hybridized carbons (Fsp3) is 0.500. The molecule has 0 atom stereocenters. The molecule has 4 heteroatoms. The van der Waals surface area contributed by atoms with Crippen LogP contribution in [0.15, 0.2) is 6.07 Å². The highest BCUT2D eigenvalue weighted by Gasteiger charge is 2.29. The van der Waals surface area contributed by atoms with Gasteiger partial charge in [-0.1, -0.05) is 18.5 Å². The van der Waals surface area contributed by atoms with Crippen LogP contribution in [0, 0.1) is 0 Å². The van der Waals surface area contributed by atoms with Gasteiger partial charge in [0.05, 0.1) is 10.6 Å². The normalized spacial score (nSPS) is 14.3. The average Bonchev–Trinajstić information content (AvgIpc) is 2.65. The molecule has 0 saturated carbocycles. The Balaban J connectivity index is 2.67. The highest BCUT2D eigenvalue weighted by molar-refractivity contribution is 6.32. The molecule has 0 fully saturated rings. The van der Waals surface area contributed by atoms with Crippen molar-refractivity contribution in [3.63, 3.8) is 0 Å². The van der Waals surface area contributed by atoms with Crippen LogP contribution in [0.1, 0.15) is 31.9 Å². The van der Waals surface area contributed by atoms with Crippen LogP contribution in [0.25, 0.3) is 0 Å². The number of benzene rings is 1. The fourth-order valence-corrected chi connectivity index (χ4v) is 2.23. The van der Waals surface area contributed by atoms with Gasteiger partial charge in [-0.25, -0.2) is 0 Å². The molecule has 1 aromatic rings. The molecule has 16 heavy (non-hydrogen) atoms. The number of fused-ring (bicyclic) bond motifs is 1. The zero-order valence-corrected chi connectivity index (χ0v) is 10.4. The van der Waals surface area contributed by atoms with Crippen LogP contribution in [-0.4, -0.2) is 11.9 Å². The first-order valence-electron chi connectivity index (χ1n) is 5.29. The summed E-state index contributed by atoms with van der Waals surface area (Å²) in [6.45, 7) is 5.68. The third-order valence-electron chi connectivity index (χ3n) is 2.71. The van der Waals surface area contributed by atoms with Crippen molar-refractivity contribution in [2.45, 2.75) is 32.8 Å². The molecular weight excluding hydrogens is 228 g/mol. The van der Waals surface area contributed by atoms with E-state index in [2.05, 4.69) is 0 Å². The Hall–Kier alpha value is -0.930. The first-order chi connectivity index (χ1) is 7.45. The topological polar surface area (TPSA) is 38.7 Å². The zero-order valence-electron chi connectivity index (χ0n) is 9.63. The van der Waals surface area contributed by atoms with E-state index in [1.54, 1.807) is 19.9 Å². The molecule has 2 rings (SSSR count). The monoisotopic (exact) mass is 242 g/mol. The molecule has 1 heterocycles. The summed E-state index contributed by atoms with van der Waals surface area (Å²) in [4.78, 5) is 0. The van der Waals surface area contributed by atoms with E-state index in [9.17, 15) is 5.11 Å². The van der Waals surface area contributed by atoms with Crippen LogP contribution in [0.2, 0.25) is 5.02 Å². The second kappa shape index (κ2) is 3.82. The van der Waals surface area contributed by atoms with Crippen LogP contribution in [0.5, 0.6) is 11.5 Å². The van der Waals surface area contributed by atoms with Crippen molar-refractivity contribution in [1.82, 2.24) is 0 Å². The third-order valence-corrected chi connectivity index (χ3v) is 2.99. The molecular formula is C12H15ClO3. The molecule has 88 valence electrons. The highest BCUT2D eigenvalue weighted by Crippen LogP contribution is 2.45. The van der Waals surface area contributed by atoms with Gasteiger partial charge in [-0.3, -0.25) is 0 Å². The van der Waals surface area contributed by atoms with Crippen molar-refractivity contribution in [2.24, 2.45) is 0 Å². The van der Waals surface area contributed by atoms with Crippen LogP contribution in [0.3, 0.4) is 0 Å². The lowest BCUT2D eigenvalue weighted by molar-refractivity contribution is 0.0773. The quantitative estimate of drug-likeness (QED) is 0.867. The average molecular weight is 243 g/mol. The number of rotatable bonds is 2. The van der Waals surface area contributed by atoms with Gasteiger partial charge in [-0.2, -0.15) is 0 Å². The Morgan fingerprint density at radius 3 is 2.56 bits per heavy atom. The van der Waals surface area contributed by atoms with Crippen LogP contribution < -0.4 is 9.47 Å². The standard InChI is InChI=1S/C12H15ClO3/c1-4-7-8(12(2,3)14)5-9(13)11-10(7)15-6-16-11/h5,14H,4,6H2,1-3H3. The Labute approximate surface area is 99.9 Å². The van der Waals surface area contributed by atoms with Crippen LogP contribution in [0.4, 0.5) is 0 Å². The minimum absolute atomic E-state index is 0.192. The summed E-state index contributed by atoms with van der Waals surface area (Å²) in [7, 11) is 0.